The van der Waals surface area contributed by atoms with Gasteiger partial charge >= 0.3 is 0 Å². The van der Waals surface area contributed by atoms with Gasteiger partial charge in [0.25, 0.3) is 0 Å². The molecule has 0 aliphatic carbocycles. The molecule has 0 bridgehead atoms. The van der Waals surface area contributed by atoms with Gasteiger partial charge in [-0.1, -0.05) is 24.3 Å². The first-order valence-electron chi connectivity index (χ1n) is 5.38. The number of hydrogen-bond donors (Lipinski definition) is 1. The Hall–Kier alpha value is -1.87. The standard InChI is InChI=1S/C14H14FNO/c1-17-14-5-3-2-4-13(14)12-7-6-11(15)8-10(12)9-16/h2-8H,9,16H2,1H3. The quantitative estimate of drug-likeness (QED) is 0.881. The molecule has 2 aromatic rings. The number of halogens is 1. The lowest BCUT2D eigenvalue weighted by atomic mass is 9.99. The predicted octanol–water partition coefficient (Wildman–Crippen LogP) is 2.96. The van der Waals surface area contributed by atoms with Crippen molar-refractivity contribution in [2.45, 2.75) is 6.54 Å². The van der Waals surface area contributed by atoms with Crippen molar-refractivity contribution < 1.29 is 9.13 Å². The van der Waals surface area contributed by atoms with Crippen molar-refractivity contribution in [1.82, 2.24) is 0 Å². The molecule has 0 aromatic heterocycles. The van der Waals surface area contributed by atoms with E-state index in [9.17, 15) is 4.39 Å². The highest BCUT2D eigenvalue weighted by molar-refractivity contribution is 5.73. The fraction of sp³-hybridized carbons (Fsp3) is 0.143. The zero-order chi connectivity index (χ0) is 12.3. The van der Waals surface area contributed by atoms with Crippen molar-refractivity contribution >= 4 is 0 Å². The van der Waals surface area contributed by atoms with Crippen molar-refractivity contribution in [2.75, 3.05) is 7.11 Å². The molecule has 0 aliphatic heterocycles. The van der Waals surface area contributed by atoms with Crippen LogP contribution < -0.4 is 10.5 Å². The van der Waals surface area contributed by atoms with Crippen LogP contribution in [0.5, 0.6) is 5.75 Å². The third-order valence-electron chi connectivity index (χ3n) is 2.68. The maximum Gasteiger partial charge on any atom is 0.126 e. The zero-order valence-electron chi connectivity index (χ0n) is 9.61. The first-order valence-corrected chi connectivity index (χ1v) is 5.38. The molecular formula is C14H14FNO. The second-order valence-electron chi connectivity index (χ2n) is 3.71. The minimum Gasteiger partial charge on any atom is -0.496 e. The molecule has 0 spiro atoms. The molecule has 0 radical (unpaired) electrons. The Morgan fingerprint density at radius 2 is 1.88 bits per heavy atom. The Kier molecular flexibility index (Phi) is 3.40. The summed E-state index contributed by atoms with van der Waals surface area (Å²) >= 11 is 0. The summed E-state index contributed by atoms with van der Waals surface area (Å²) in [4.78, 5) is 0. The normalized spacial score (nSPS) is 10.3. The van der Waals surface area contributed by atoms with Crippen molar-refractivity contribution in [3.8, 4) is 16.9 Å². The van der Waals surface area contributed by atoms with E-state index in [0.29, 0.717) is 6.54 Å². The first-order chi connectivity index (χ1) is 8.26. The second-order valence-corrected chi connectivity index (χ2v) is 3.71. The average Bonchev–Trinajstić information content (AvgIpc) is 2.38. The largest absolute Gasteiger partial charge is 0.496 e. The van der Waals surface area contributed by atoms with E-state index in [1.807, 2.05) is 24.3 Å². The van der Waals surface area contributed by atoms with E-state index in [2.05, 4.69) is 0 Å². The molecule has 0 saturated heterocycles. The summed E-state index contributed by atoms with van der Waals surface area (Å²) in [6, 6.07) is 12.2. The van der Waals surface area contributed by atoms with E-state index >= 15 is 0 Å². The molecule has 0 atom stereocenters. The van der Waals surface area contributed by atoms with E-state index in [-0.39, 0.29) is 5.82 Å². The topological polar surface area (TPSA) is 35.2 Å². The maximum absolute atomic E-state index is 13.1. The van der Waals surface area contributed by atoms with E-state index in [4.69, 9.17) is 10.5 Å². The smallest absolute Gasteiger partial charge is 0.126 e. The van der Waals surface area contributed by atoms with E-state index in [1.54, 1.807) is 13.2 Å². The van der Waals surface area contributed by atoms with Gasteiger partial charge in [0.05, 0.1) is 7.11 Å². The highest BCUT2D eigenvalue weighted by Crippen LogP contribution is 2.32. The summed E-state index contributed by atoms with van der Waals surface area (Å²) in [5, 5.41) is 0. The number of benzene rings is 2. The number of ether oxygens (including phenoxy) is 1. The van der Waals surface area contributed by atoms with Crippen molar-refractivity contribution in [1.29, 1.82) is 0 Å². The number of para-hydroxylation sites is 1. The van der Waals surface area contributed by atoms with Crippen LogP contribution in [0.4, 0.5) is 4.39 Å². The molecule has 2 nitrogen and oxygen atoms in total. The molecule has 0 saturated carbocycles. The Bertz CT molecular complexity index is 525. The van der Waals surface area contributed by atoms with Crippen LogP contribution in [-0.2, 0) is 6.54 Å². The Labute approximate surface area is 99.8 Å². The minimum absolute atomic E-state index is 0.274. The first kappa shape index (κ1) is 11.6. The lowest BCUT2D eigenvalue weighted by Crippen LogP contribution is -2.00. The summed E-state index contributed by atoms with van der Waals surface area (Å²) in [6.45, 7) is 0.297. The Balaban J connectivity index is 2.59. The van der Waals surface area contributed by atoms with Gasteiger partial charge in [-0.3, -0.25) is 0 Å². The lowest BCUT2D eigenvalue weighted by molar-refractivity contribution is 0.416. The molecule has 0 amide bonds. The van der Waals surface area contributed by atoms with Crippen LogP contribution in [0.1, 0.15) is 5.56 Å². The molecule has 0 aliphatic rings. The SMILES string of the molecule is COc1ccccc1-c1ccc(F)cc1CN. The summed E-state index contributed by atoms with van der Waals surface area (Å²) in [6.07, 6.45) is 0. The van der Waals surface area contributed by atoms with Crippen molar-refractivity contribution in [3.05, 3.63) is 53.8 Å². The van der Waals surface area contributed by atoms with E-state index < -0.39 is 0 Å². The van der Waals surface area contributed by atoms with Gasteiger partial charge in [0.2, 0.25) is 0 Å². The molecule has 2 aromatic carbocycles. The summed E-state index contributed by atoms with van der Waals surface area (Å²) in [7, 11) is 1.62. The van der Waals surface area contributed by atoms with E-state index in [0.717, 1.165) is 22.4 Å². The number of methoxy groups -OCH3 is 1. The van der Waals surface area contributed by atoms with Crippen LogP contribution in [0, 0.1) is 5.82 Å². The molecule has 0 heterocycles. The van der Waals surface area contributed by atoms with Gasteiger partial charge in [-0.05, 0) is 29.3 Å². The lowest BCUT2D eigenvalue weighted by Gasteiger charge is -2.12. The molecule has 0 fully saturated rings. The van der Waals surface area contributed by atoms with Crippen LogP contribution in [-0.4, -0.2) is 7.11 Å². The second kappa shape index (κ2) is 4.97. The van der Waals surface area contributed by atoms with Crippen molar-refractivity contribution in [3.63, 3.8) is 0 Å². The van der Waals surface area contributed by atoms with Gasteiger partial charge in [0, 0.05) is 12.1 Å². The van der Waals surface area contributed by atoms with Gasteiger partial charge in [0.1, 0.15) is 11.6 Å². The van der Waals surface area contributed by atoms with Crippen LogP contribution in [0.2, 0.25) is 0 Å². The van der Waals surface area contributed by atoms with Crippen LogP contribution in [0.25, 0.3) is 11.1 Å². The van der Waals surface area contributed by atoms with Gasteiger partial charge in [-0.25, -0.2) is 4.39 Å². The maximum atomic E-state index is 13.1. The van der Waals surface area contributed by atoms with Crippen molar-refractivity contribution in [2.24, 2.45) is 5.73 Å². The van der Waals surface area contributed by atoms with Crippen LogP contribution >= 0.6 is 0 Å². The molecule has 3 heteroatoms. The monoisotopic (exact) mass is 231 g/mol. The highest BCUT2D eigenvalue weighted by atomic mass is 19.1. The fourth-order valence-corrected chi connectivity index (χ4v) is 1.86. The molecule has 17 heavy (non-hydrogen) atoms. The van der Waals surface area contributed by atoms with Gasteiger partial charge < -0.3 is 10.5 Å². The third-order valence-corrected chi connectivity index (χ3v) is 2.68. The predicted molar refractivity (Wildman–Crippen MR) is 66.3 cm³/mol. The molecular weight excluding hydrogens is 217 g/mol. The molecule has 0 unspecified atom stereocenters. The van der Waals surface area contributed by atoms with Gasteiger partial charge in [-0.15, -0.1) is 0 Å². The van der Waals surface area contributed by atoms with Crippen LogP contribution in [0.15, 0.2) is 42.5 Å². The Morgan fingerprint density at radius 1 is 1.12 bits per heavy atom. The molecule has 88 valence electrons. The van der Waals surface area contributed by atoms with E-state index in [1.165, 1.54) is 12.1 Å². The Morgan fingerprint density at radius 3 is 2.59 bits per heavy atom. The summed E-state index contributed by atoms with van der Waals surface area (Å²) in [5.74, 6) is 0.484. The third kappa shape index (κ3) is 2.29. The zero-order valence-corrected chi connectivity index (χ0v) is 9.61. The summed E-state index contributed by atoms with van der Waals surface area (Å²) < 4.78 is 18.4. The molecule has 2 rings (SSSR count). The number of nitrogens with two attached hydrogens (primary N) is 1. The number of rotatable bonds is 3. The summed E-state index contributed by atoms with van der Waals surface area (Å²) in [5.41, 5.74) is 8.25. The van der Waals surface area contributed by atoms with Crippen LogP contribution in [0.3, 0.4) is 0 Å². The highest BCUT2D eigenvalue weighted by Gasteiger charge is 2.09. The fourth-order valence-electron chi connectivity index (χ4n) is 1.86. The minimum atomic E-state index is -0.274. The van der Waals surface area contributed by atoms with Gasteiger partial charge in [-0.2, -0.15) is 0 Å². The average molecular weight is 231 g/mol. The van der Waals surface area contributed by atoms with Gasteiger partial charge in [0.15, 0.2) is 0 Å². The molecule has 2 N–H and O–H groups in total. The number of hydrogen-bond acceptors (Lipinski definition) is 2.